The van der Waals surface area contributed by atoms with E-state index < -0.39 is 0 Å². The topological polar surface area (TPSA) is 65.8 Å². The molecule has 2 saturated heterocycles. The molecule has 0 aliphatic carbocycles. The first-order valence-corrected chi connectivity index (χ1v) is 11.9. The van der Waals surface area contributed by atoms with Gasteiger partial charge in [-0.25, -0.2) is 4.98 Å². The highest BCUT2D eigenvalue weighted by Gasteiger charge is 2.26. The molecule has 2 aliphatic rings. The summed E-state index contributed by atoms with van der Waals surface area (Å²) in [6.07, 6.45) is 4.31. The molecule has 0 radical (unpaired) electrons. The molecule has 2 fully saturated rings. The third-order valence-electron chi connectivity index (χ3n) is 6.72. The fourth-order valence-electron chi connectivity index (χ4n) is 4.91. The lowest BCUT2D eigenvalue weighted by Gasteiger charge is -2.33. The monoisotopic (exact) mass is 432 g/mol. The van der Waals surface area contributed by atoms with E-state index in [9.17, 15) is 4.79 Å². The number of carbonyl (C=O) groups is 1. The molecule has 0 atom stereocenters. The predicted octanol–water partition coefficient (Wildman–Crippen LogP) is 3.13. The molecule has 32 heavy (non-hydrogen) atoms. The van der Waals surface area contributed by atoms with Gasteiger partial charge >= 0.3 is 0 Å². The minimum atomic E-state index is 0.0979. The smallest absolute Gasteiger partial charge is 0.223 e. The standard InChI is InChI=1S/C25H32N6O/c1-19-17-24(31-23(27-19)18-22(28-31)20-7-3-2-4-8-20)30-14-9-21(10-15-30)25(32)26-11-16-29-12-5-6-13-29/h2-4,7-8,17-18,21H,5-6,9-16H2,1H3,(H,26,32). The van der Waals surface area contributed by atoms with E-state index in [1.807, 2.05) is 35.7 Å². The van der Waals surface area contributed by atoms with E-state index in [4.69, 9.17) is 10.1 Å². The fraction of sp³-hybridized carbons (Fsp3) is 0.480. The zero-order chi connectivity index (χ0) is 21.9. The highest BCUT2D eigenvalue weighted by Crippen LogP contribution is 2.27. The highest BCUT2D eigenvalue weighted by atomic mass is 16.1. The van der Waals surface area contributed by atoms with E-state index in [-0.39, 0.29) is 11.8 Å². The van der Waals surface area contributed by atoms with Gasteiger partial charge in [0.25, 0.3) is 0 Å². The lowest BCUT2D eigenvalue weighted by Crippen LogP contribution is -2.42. The van der Waals surface area contributed by atoms with Gasteiger partial charge in [-0.1, -0.05) is 30.3 Å². The number of hydrogen-bond acceptors (Lipinski definition) is 5. The number of nitrogens with zero attached hydrogens (tertiary/aromatic N) is 5. The molecule has 7 heteroatoms. The number of nitrogens with one attached hydrogen (secondary N) is 1. The van der Waals surface area contributed by atoms with Gasteiger partial charge in [0.05, 0.1) is 5.69 Å². The van der Waals surface area contributed by atoms with Crippen molar-refractivity contribution in [1.29, 1.82) is 0 Å². The number of rotatable bonds is 6. The molecule has 5 rings (SSSR count). The zero-order valence-corrected chi connectivity index (χ0v) is 18.8. The molecule has 168 valence electrons. The molecule has 4 heterocycles. The van der Waals surface area contributed by atoms with E-state index in [0.717, 1.165) is 67.4 Å². The number of hydrogen-bond donors (Lipinski definition) is 1. The van der Waals surface area contributed by atoms with Crippen molar-refractivity contribution in [3.63, 3.8) is 0 Å². The second-order valence-corrected chi connectivity index (χ2v) is 9.02. The van der Waals surface area contributed by atoms with Crippen molar-refractivity contribution >= 4 is 17.4 Å². The maximum absolute atomic E-state index is 12.7. The molecule has 1 N–H and O–H groups in total. The van der Waals surface area contributed by atoms with Crippen LogP contribution in [-0.2, 0) is 4.79 Å². The van der Waals surface area contributed by atoms with Gasteiger partial charge in [0.15, 0.2) is 5.65 Å². The van der Waals surface area contributed by atoms with Crippen LogP contribution < -0.4 is 10.2 Å². The van der Waals surface area contributed by atoms with Crippen LogP contribution in [0.3, 0.4) is 0 Å². The number of benzene rings is 1. The normalized spacial score (nSPS) is 17.8. The largest absolute Gasteiger partial charge is 0.356 e. The van der Waals surface area contributed by atoms with Crippen molar-refractivity contribution in [3.05, 3.63) is 48.2 Å². The summed E-state index contributed by atoms with van der Waals surface area (Å²) in [7, 11) is 0. The average molecular weight is 433 g/mol. The summed E-state index contributed by atoms with van der Waals surface area (Å²) in [6, 6.07) is 14.4. The van der Waals surface area contributed by atoms with Crippen molar-refractivity contribution in [1.82, 2.24) is 24.8 Å². The van der Waals surface area contributed by atoms with Crippen LogP contribution in [-0.4, -0.2) is 64.7 Å². The Labute approximate surface area is 189 Å². The molecule has 0 bridgehead atoms. The molecule has 0 spiro atoms. The summed E-state index contributed by atoms with van der Waals surface area (Å²) in [5, 5.41) is 8.03. The second kappa shape index (κ2) is 9.28. The Kier molecular flexibility index (Phi) is 6.08. The summed E-state index contributed by atoms with van der Waals surface area (Å²) in [5.41, 5.74) is 3.86. The fourth-order valence-corrected chi connectivity index (χ4v) is 4.91. The van der Waals surface area contributed by atoms with E-state index >= 15 is 0 Å². The van der Waals surface area contributed by atoms with E-state index in [1.165, 1.54) is 25.9 Å². The van der Waals surface area contributed by atoms with E-state index in [2.05, 4.69) is 33.3 Å². The van der Waals surface area contributed by atoms with Crippen LogP contribution in [0, 0.1) is 12.8 Å². The molecule has 2 aliphatic heterocycles. The lowest BCUT2D eigenvalue weighted by atomic mass is 9.96. The van der Waals surface area contributed by atoms with Gasteiger partial charge in [0.2, 0.25) is 5.91 Å². The Bertz CT molecular complexity index is 1060. The van der Waals surface area contributed by atoms with Gasteiger partial charge in [-0.3, -0.25) is 4.79 Å². The number of fused-ring (bicyclic) bond motifs is 1. The van der Waals surface area contributed by atoms with Crippen molar-refractivity contribution in [2.24, 2.45) is 5.92 Å². The van der Waals surface area contributed by atoms with Gasteiger partial charge in [-0.05, 0) is 45.7 Å². The van der Waals surface area contributed by atoms with Crippen molar-refractivity contribution in [2.45, 2.75) is 32.6 Å². The van der Waals surface area contributed by atoms with Crippen molar-refractivity contribution in [2.75, 3.05) is 44.2 Å². The quantitative estimate of drug-likeness (QED) is 0.648. The molecule has 0 unspecified atom stereocenters. The first-order chi connectivity index (χ1) is 15.7. The van der Waals surface area contributed by atoms with Gasteiger partial charge in [0, 0.05) is 55.5 Å². The SMILES string of the molecule is Cc1cc(N2CCC(C(=O)NCCN3CCCC3)CC2)n2nc(-c3ccccc3)cc2n1. The average Bonchev–Trinajstić information content (AvgIpc) is 3.49. The predicted molar refractivity (Wildman–Crippen MR) is 127 cm³/mol. The van der Waals surface area contributed by atoms with Crippen LogP contribution in [0.4, 0.5) is 5.82 Å². The summed E-state index contributed by atoms with van der Waals surface area (Å²) in [5.74, 6) is 1.37. The first-order valence-electron chi connectivity index (χ1n) is 11.9. The maximum atomic E-state index is 12.7. The Morgan fingerprint density at radius 2 is 1.81 bits per heavy atom. The van der Waals surface area contributed by atoms with Crippen molar-refractivity contribution < 1.29 is 4.79 Å². The minimum Gasteiger partial charge on any atom is -0.356 e. The maximum Gasteiger partial charge on any atom is 0.223 e. The minimum absolute atomic E-state index is 0.0979. The number of amides is 1. The van der Waals surface area contributed by atoms with Gasteiger partial charge in [-0.2, -0.15) is 9.61 Å². The van der Waals surface area contributed by atoms with E-state index in [1.54, 1.807) is 0 Å². The van der Waals surface area contributed by atoms with Crippen LogP contribution in [0.2, 0.25) is 0 Å². The van der Waals surface area contributed by atoms with Crippen LogP contribution >= 0.6 is 0 Å². The number of aromatic nitrogens is 3. The zero-order valence-electron chi connectivity index (χ0n) is 18.8. The molecular weight excluding hydrogens is 400 g/mol. The lowest BCUT2D eigenvalue weighted by molar-refractivity contribution is -0.125. The number of anilines is 1. The Hall–Kier alpha value is -2.93. The molecule has 0 saturated carbocycles. The molecule has 2 aromatic heterocycles. The summed E-state index contributed by atoms with van der Waals surface area (Å²) in [4.78, 5) is 22.1. The Balaban J connectivity index is 1.24. The van der Waals surface area contributed by atoms with Crippen molar-refractivity contribution in [3.8, 4) is 11.3 Å². The molecule has 1 aromatic carbocycles. The van der Waals surface area contributed by atoms with Crippen LogP contribution in [0.15, 0.2) is 42.5 Å². The highest BCUT2D eigenvalue weighted by molar-refractivity contribution is 5.79. The molecule has 7 nitrogen and oxygen atoms in total. The summed E-state index contributed by atoms with van der Waals surface area (Å²) in [6.45, 7) is 7.81. The first kappa shape index (κ1) is 20.9. The Morgan fingerprint density at radius 1 is 1.06 bits per heavy atom. The van der Waals surface area contributed by atoms with Crippen LogP contribution in [0.25, 0.3) is 16.9 Å². The number of carbonyl (C=O) groups excluding carboxylic acids is 1. The molecule has 3 aromatic rings. The second-order valence-electron chi connectivity index (χ2n) is 9.02. The summed E-state index contributed by atoms with van der Waals surface area (Å²) < 4.78 is 1.95. The van der Waals surface area contributed by atoms with Crippen LogP contribution in [0.5, 0.6) is 0 Å². The third-order valence-corrected chi connectivity index (χ3v) is 6.72. The van der Waals surface area contributed by atoms with Gasteiger partial charge in [-0.15, -0.1) is 0 Å². The Morgan fingerprint density at radius 3 is 2.56 bits per heavy atom. The number of aryl methyl sites for hydroxylation is 1. The van der Waals surface area contributed by atoms with Crippen LogP contribution in [0.1, 0.15) is 31.4 Å². The summed E-state index contributed by atoms with van der Waals surface area (Å²) >= 11 is 0. The number of piperidine rings is 1. The van der Waals surface area contributed by atoms with Gasteiger partial charge < -0.3 is 15.1 Å². The molecular formula is C25H32N6O. The van der Waals surface area contributed by atoms with Gasteiger partial charge in [0.1, 0.15) is 5.82 Å². The number of likely N-dealkylation sites (tertiary alicyclic amines) is 1. The third kappa shape index (κ3) is 4.48. The molecule has 1 amide bonds. The van der Waals surface area contributed by atoms with E-state index in [0.29, 0.717) is 0 Å².